The van der Waals surface area contributed by atoms with E-state index in [0.29, 0.717) is 12.6 Å². The molecule has 2 aromatic heterocycles. The number of nitrogens with zero attached hydrogens (tertiary/aromatic N) is 4. The van der Waals surface area contributed by atoms with E-state index >= 15 is 0 Å². The van der Waals surface area contributed by atoms with Gasteiger partial charge in [0.2, 0.25) is 0 Å². The summed E-state index contributed by atoms with van der Waals surface area (Å²) in [5, 5.41) is 11.8. The molecule has 1 atom stereocenters. The summed E-state index contributed by atoms with van der Waals surface area (Å²) in [6, 6.07) is 10.6. The minimum absolute atomic E-state index is 0.556. The second-order valence-electron chi connectivity index (χ2n) is 7.79. The highest BCUT2D eigenvalue weighted by molar-refractivity contribution is 5.72. The van der Waals surface area contributed by atoms with Gasteiger partial charge in [0, 0.05) is 36.4 Å². The lowest BCUT2D eigenvalue weighted by Gasteiger charge is -2.29. The molecular formula is C22H28N6O. The predicted octanol–water partition coefficient (Wildman–Crippen LogP) is 3.38. The van der Waals surface area contributed by atoms with E-state index in [-0.39, 0.29) is 0 Å². The minimum atomic E-state index is 0.556. The maximum absolute atomic E-state index is 5.56. The molecular weight excluding hydrogens is 364 g/mol. The lowest BCUT2D eigenvalue weighted by molar-refractivity contribution is 0.340. The average molecular weight is 393 g/mol. The van der Waals surface area contributed by atoms with E-state index in [4.69, 9.17) is 9.72 Å². The van der Waals surface area contributed by atoms with Gasteiger partial charge in [-0.1, -0.05) is 6.42 Å². The zero-order valence-electron chi connectivity index (χ0n) is 16.9. The summed E-state index contributed by atoms with van der Waals surface area (Å²) in [6.07, 6.45) is 6.64. The SMILES string of the molecule is CCOc1ccc(Nc2c3c(nc4ccnn24)N(CC2CCCCN2)CC3)cc1. The summed E-state index contributed by atoms with van der Waals surface area (Å²) in [6.45, 7) is 5.82. The fourth-order valence-electron chi connectivity index (χ4n) is 4.40. The second-order valence-corrected chi connectivity index (χ2v) is 7.79. The number of hydrogen-bond donors (Lipinski definition) is 2. The molecule has 5 rings (SSSR count). The van der Waals surface area contributed by atoms with Crippen LogP contribution in [0.15, 0.2) is 36.5 Å². The minimum Gasteiger partial charge on any atom is -0.494 e. The molecule has 2 N–H and O–H groups in total. The van der Waals surface area contributed by atoms with E-state index in [1.165, 1.54) is 24.8 Å². The van der Waals surface area contributed by atoms with Gasteiger partial charge >= 0.3 is 0 Å². The van der Waals surface area contributed by atoms with Crippen LogP contribution in [0.4, 0.5) is 17.3 Å². The van der Waals surface area contributed by atoms with Gasteiger partial charge in [-0.3, -0.25) is 0 Å². The van der Waals surface area contributed by atoms with Crippen molar-refractivity contribution in [3.05, 3.63) is 42.1 Å². The highest BCUT2D eigenvalue weighted by Crippen LogP contribution is 2.35. The number of aromatic nitrogens is 3. The molecule has 1 unspecified atom stereocenters. The number of nitrogens with one attached hydrogen (secondary N) is 2. The third-order valence-electron chi connectivity index (χ3n) is 5.82. The van der Waals surface area contributed by atoms with Gasteiger partial charge in [-0.15, -0.1) is 0 Å². The van der Waals surface area contributed by atoms with Crippen molar-refractivity contribution in [2.45, 2.75) is 38.6 Å². The van der Waals surface area contributed by atoms with E-state index in [2.05, 4.69) is 20.6 Å². The molecule has 2 aliphatic rings. The molecule has 1 aromatic carbocycles. The lowest BCUT2D eigenvalue weighted by Crippen LogP contribution is -2.43. The molecule has 0 amide bonds. The fraction of sp³-hybridized carbons (Fsp3) is 0.455. The smallest absolute Gasteiger partial charge is 0.159 e. The van der Waals surface area contributed by atoms with Gasteiger partial charge in [0.05, 0.1) is 12.8 Å². The fourth-order valence-corrected chi connectivity index (χ4v) is 4.40. The quantitative estimate of drug-likeness (QED) is 0.670. The Bertz CT molecular complexity index is 977. The first-order chi connectivity index (χ1) is 14.3. The van der Waals surface area contributed by atoms with Crippen molar-refractivity contribution >= 4 is 23.0 Å². The number of benzene rings is 1. The van der Waals surface area contributed by atoms with Gasteiger partial charge in [0.1, 0.15) is 17.4 Å². The summed E-state index contributed by atoms with van der Waals surface area (Å²) in [5.74, 6) is 2.99. The first-order valence-electron chi connectivity index (χ1n) is 10.7. The van der Waals surface area contributed by atoms with Crippen molar-refractivity contribution in [3.8, 4) is 5.75 Å². The van der Waals surface area contributed by atoms with Crippen LogP contribution in [0.5, 0.6) is 5.75 Å². The molecule has 3 aromatic rings. The number of rotatable bonds is 6. The van der Waals surface area contributed by atoms with Crippen molar-refractivity contribution < 1.29 is 4.74 Å². The second kappa shape index (κ2) is 7.91. The molecule has 4 heterocycles. The summed E-state index contributed by atoms with van der Waals surface area (Å²) in [5.41, 5.74) is 3.14. The first kappa shape index (κ1) is 18.2. The van der Waals surface area contributed by atoms with Crippen molar-refractivity contribution in [1.82, 2.24) is 19.9 Å². The Morgan fingerprint density at radius 1 is 1.21 bits per heavy atom. The zero-order valence-corrected chi connectivity index (χ0v) is 16.9. The molecule has 0 saturated carbocycles. The van der Waals surface area contributed by atoms with Crippen molar-refractivity contribution in [3.63, 3.8) is 0 Å². The van der Waals surface area contributed by atoms with Crippen LogP contribution in [0, 0.1) is 0 Å². The highest BCUT2D eigenvalue weighted by Gasteiger charge is 2.28. The lowest BCUT2D eigenvalue weighted by atomic mass is 10.0. The van der Waals surface area contributed by atoms with Crippen molar-refractivity contribution in [2.24, 2.45) is 0 Å². The van der Waals surface area contributed by atoms with Crippen LogP contribution in [0.1, 0.15) is 31.7 Å². The summed E-state index contributed by atoms with van der Waals surface area (Å²) >= 11 is 0. The average Bonchev–Trinajstić information content (AvgIpc) is 3.38. The van der Waals surface area contributed by atoms with Crippen LogP contribution in [0.25, 0.3) is 5.65 Å². The Morgan fingerprint density at radius 3 is 2.90 bits per heavy atom. The van der Waals surface area contributed by atoms with E-state index in [1.807, 2.05) is 48.0 Å². The van der Waals surface area contributed by atoms with Crippen LogP contribution in [0.2, 0.25) is 0 Å². The van der Waals surface area contributed by atoms with E-state index in [1.54, 1.807) is 0 Å². The Balaban J connectivity index is 1.45. The van der Waals surface area contributed by atoms with Crippen LogP contribution >= 0.6 is 0 Å². The normalized spacial score (nSPS) is 18.8. The standard InChI is InChI=1S/C22H28N6O/c1-2-29-18-8-6-16(7-9-18)25-22-19-11-14-27(15-17-5-3-4-12-23-17)21(19)26-20-10-13-24-28(20)22/h6-10,13,17,23,25H,2-5,11-12,14-15H2,1H3. The molecule has 1 saturated heterocycles. The maximum atomic E-state index is 5.56. The largest absolute Gasteiger partial charge is 0.494 e. The topological polar surface area (TPSA) is 66.7 Å². The molecule has 7 nitrogen and oxygen atoms in total. The third kappa shape index (κ3) is 3.62. The summed E-state index contributed by atoms with van der Waals surface area (Å²) in [7, 11) is 0. The predicted molar refractivity (Wildman–Crippen MR) is 115 cm³/mol. The monoisotopic (exact) mass is 392 g/mol. The Kier molecular flexibility index (Phi) is 4.97. The number of hydrogen-bond acceptors (Lipinski definition) is 6. The van der Waals surface area contributed by atoms with Gasteiger partial charge in [-0.25, -0.2) is 4.98 Å². The van der Waals surface area contributed by atoms with E-state index < -0.39 is 0 Å². The number of fused-ring (bicyclic) bond motifs is 2. The zero-order chi connectivity index (χ0) is 19.6. The molecule has 0 bridgehead atoms. The van der Waals surface area contributed by atoms with Crippen LogP contribution in [0.3, 0.4) is 0 Å². The highest BCUT2D eigenvalue weighted by atomic mass is 16.5. The Morgan fingerprint density at radius 2 is 2.10 bits per heavy atom. The van der Waals surface area contributed by atoms with Crippen LogP contribution < -0.4 is 20.3 Å². The van der Waals surface area contributed by atoms with Gasteiger partial charge in [0.25, 0.3) is 0 Å². The number of anilines is 3. The molecule has 0 radical (unpaired) electrons. The van der Waals surface area contributed by atoms with Crippen LogP contribution in [-0.2, 0) is 6.42 Å². The summed E-state index contributed by atoms with van der Waals surface area (Å²) < 4.78 is 7.48. The van der Waals surface area contributed by atoms with Gasteiger partial charge in [0.15, 0.2) is 5.65 Å². The Hall–Kier alpha value is -2.80. The Labute approximate surface area is 171 Å². The molecule has 0 aliphatic carbocycles. The third-order valence-corrected chi connectivity index (χ3v) is 5.82. The molecule has 7 heteroatoms. The molecule has 29 heavy (non-hydrogen) atoms. The van der Waals surface area contributed by atoms with E-state index in [9.17, 15) is 0 Å². The van der Waals surface area contributed by atoms with E-state index in [0.717, 1.165) is 54.8 Å². The number of piperidine rings is 1. The van der Waals surface area contributed by atoms with Crippen molar-refractivity contribution in [2.75, 3.05) is 36.5 Å². The first-order valence-corrected chi connectivity index (χ1v) is 10.7. The van der Waals surface area contributed by atoms with Crippen molar-refractivity contribution in [1.29, 1.82) is 0 Å². The molecule has 0 spiro atoms. The molecule has 1 fully saturated rings. The van der Waals surface area contributed by atoms with Crippen LogP contribution in [-0.4, -0.2) is 46.9 Å². The maximum Gasteiger partial charge on any atom is 0.159 e. The molecule has 152 valence electrons. The summed E-state index contributed by atoms with van der Waals surface area (Å²) in [4.78, 5) is 7.38. The number of ether oxygens (including phenoxy) is 1. The molecule has 2 aliphatic heterocycles. The van der Waals surface area contributed by atoms with Gasteiger partial charge < -0.3 is 20.3 Å². The van der Waals surface area contributed by atoms with Gasteiger partial charge in [-0.05, 0) is 57.0 Å². The van der Waals surface area contributed by atoms with Gasteiger partial charge in [-0.2, -0.15) is 9.61 Å².